The number of unbranched alkanes of at least 4 members (excludes halogenated alkanes) is 25. The Hall–Kier alpha value is -2.64. The summed E-state index contributed by atoms with van der Waals surface area (Å²) in [5.41, 5.74) is 0. The zero-order valence-corrected chi connectivity index (χ0v) is 44.6. The van der Waals surface area contributed by atoms with E-state index in [1.54, 1.807) is 6.08 Å². The average Bonchev–Trinajstić information content (AvgIpc) is 3.36. The number of amides is 1. The van der Waals surface area contributed by atoms with Gasteiger partial charge >= 0.3 is 5.97 Å². The lowest BCUT2D eigenvalue weighted by Gasteiger charge is -2.41. The van der Waals surface area contributed by atoms with Crippen LogP contribution in [0, 0.1) is 0 Å². The first-order valence-electron chi connectivity index (χ1n) is 28.6. The van der Waals surface area contributed by atoms with E-state index in [4.69, 9.17) is 14.2 Å². The minimum atomic E-state index is -1.62. The molecule has 0 aromatic rings. The monoisotopic (exact) mass is 988 g/mol. The molecule has 11 heteroatoms. The average molecular weight is 988 g/mol. The van der Waals surface area contributed by atoms with E-state index in [0.717, 1.165) is 70.6 Å². The number of carbonyl (C=O) groups is 2. The molecule has 0 spiro atoms. The Morgan fingerprint density at radius 1 is 0.557 bits per heavy atom. The van der Waals surface area contributed by atoms with Crippen molar-refractivity contribution in [1.29, 1.82) is 0 Å². The second kappa shape index (κ2) is 47.4. The molecule has 8 atom stereocenters. The van der Waals surface area contributed by atoms with Gasteiger partial charge in [-0.15, -0.1) is 0 Å². The van der Waals surface area contributed by atoms with Gasteiger partial charge in [0, 0.05) is 6.42 Å². The first-order valence-corrected chi connectivity index (χ1v) is 28.6. The Bertz CT molecular complexity index is 1370. The first-order chi connectivity index (χ1) is 34.2. The highest BCUT2D eigenvalue weighted by molar-refractivity contribution is 5.80. The van der Waals surface area contributed by atoms with E-state index in [0.29, 0.717) is 12.8 Å². The van der Waals surface area contributed by atoms with Crippen LogP contribution < -0.4 is 5.32 Å². The molecule has 11 nitrogen and oxygen atoms in total. The Morgan fingerprint density at radius 2 is 0.986 bits per heavy atom. The fourth-order valence-corrected chi connectivity index (χ4v) is 8.58. The predicted molar refractivity (Wildman–Crippen MR) is 287 cm³/mol. The molecule has 0 saturated carbocycles. The van der Waals surface area contributed by atoms with E-state index in [-0.39, 0.29) is 19.4 Å². The van der Waals surface area contributed by atoms with Crippen molar-refractivity contribution in [2.24, 2.45) is 0 Å². The molecule has 1 heterocycles. The number of aliphatic hydroxyl groups is 5. The third-order valence-electron chi connectivity index (χ3n) is 13.2. The van der Waals surface area contributed by atoms with Gasteiger partial charge in [-0.25, -0.2) is 0 Å². The maximum absolute atomic E-state index is 13.3. The quantitative estimate of drug-likeness (QED) is 0.0196. The number of nitrogens with one attached hydrogen (secondary N) is 1. The van der Waals surface area contributed by atoms with Crippen molar-refractivity contribution in [1.82, 2.24) is 5.32 Å². The molecule has 1 rings (SSSR count). The van der Waals surface area contributed by atoms with Gasteiger partial charge in [-0.3, -0.25) is 9.59 Å². The Kier molecular flexibility index (Phi) is 44.2. The topological polar surface area (TPSA) is 175 Å². The summed E-state index contributed by atoms with van der Waals surface area (Å²) in [5.74, 6) is -1.25. The van der Waals surface area contributed by atoms with Crippen LogP contribution in [0.5, 0.6) is 0 Å². The van der Waals surface area contributed by atoms with Crippen molar-refractivity contribution in [3.8, 4) is 0 Å². The summed E-state index contributed by atoms with van der Waals surface area (Å²) in [5, 5.41) is 56.7. The lowest BCUT2D eigenvalue weighted by Crippen LogP contribution is -2.61. The molecule has 0 aliphatic carbocycles. The summed E-state index contributed by atoms with van der Waals surface area (Å²) in [4.78, 5) is 26.4. The number of rotatable bonds is 47. The fourth-order valence-electron chi connectivity index (χ4n) is 8.58. The zero-order chi connectivity index (χ0) is 51.1. The molecule has 1 saturated heterocycles. The van der Waals surface area contributed by atoms with Gasteiger partial charge in [0.1, 0.15) is 24.4 Å². The van der Waals surface area contributed by atoms with Crippen molar-refractivity contribution in [2.75, 3.05) is 13.2 Å². The number of hydrogen-bond donors (Lipinski definition) is 6. The lowest BCUT2D eigenvalue weighted by molar-refractivity contribution is -0.305. The van der Waals surface area contributed by atoms with Crippen LogP contribution >= 0.6 is 0 Å². The largest absolute Gasteiger partial charge is 0.454 e. The summed E-state index contributed by atoms with van der Waals surface area (Å²) in [7, 11) is 0. The van der Waals surface area contributed by atoms with Crippen LogP contribution in [-0.4, -0.2) is 99.6 Å². The molecule has 0 aromatic carbocycles. The third kappa shape index (κ3) is 35.5. The standard InChI is InChI=1S/C59H105NO10/c1-4-7-10-13-16-19-22-25-26-27-29-31-34-37-40-43-46-52(63)58(67)60-50(51(62)45-42-39-36-33-30-24-21-18-15-12-9-6-3)49-68-59-57(56(66)55(65)53(48-61)69-59)70-54(64)47-44-41-38-35-32-28-23-20-17-14-11-8-5-2/h16,19,25-26,29,31,37,40,42,45,50-53,55-57,59,61-63,65-66H,4-15,17-18,20-24,27-28,30,32-36,38-39,41,43-44,46-49H2,1-3H3,(H,60,67)/b19-16-,26-25-,31-29-,40-37-,45-42+. The maximum Gasteiger partial charge on any atom is 0.306 e. The predicted octanol–water partition coefficient (Wildman–Crippen LogP) is 12.7. The van der Waals surface area contributed by atoms with Gasteiger partial charge in [0.05, 0.1) is 25.4 Å². The highest BCUT2D eigenvalue weighted by Crippen LogP contribution is 2.26. The van der Waals surface area contributed by atoms with Crippen LogP contribution in [0.2, 0.25) is 0 Å². The maximum atomic E-state index is 13.3. The van der Waals surface area contributed by atoms with Crippen molar-refractivity contribution >= 4 is 11.9 Å². The van der Waals surface area contributed by atoms with E-state index < -0.39 is 67.4 Å². The van der Waals surface area contributed by atoms with E-state index >= 15 is 0 Å². The molecule has 1 amide bonds. The van der Waals surface area contributed by atoms with Gasteiger partial charge in [-0.2, -0.15) is 0 Å². The van der Waals surface area contributed by atoms with Crippen LogP contribution in [0.4, 0.5) is 0 Å². The molecule has 6 N–H and O–H groups in total. The van der Waals surface area contributed by atoms with Gasteiger partial charge in [0.15, 0.2) is 12.4 Å². The third-order valence-corrected chi connectivity index (χ3v) is 13.2. The summed E-state index contributed by atoms with van der Waals surface area (Å²) < 4.78 is 17.5. The summed E-state index contributed by atoms with van der Waals surface area (Å²) in [6.07, 6.45) is 47.0. The van der Waals surface area contributed by atoms with E-state index in [1.165, 1.54) is 122 Å². The van der Waals surface area contributed by atoms with Crippen molar-refractivity contribution in [2.45, 2.75) is 288 Å². The molecule has 406 valence electrons. The lowest BCUT2D eigenvalue weighted by atomic mass is 9.99. The number of esters is 1. The molecular formula is C59H105NO10. The number of hydrogen-bond acceptors (Lipinski definition) is 10. The van der Waals surface area contributed by atoms with Crippen LogP contribution in [0.3, 0.4) is 0 Å². The second-order valence-electron chi connectivity index (χ2n) is 19.7. The van der Waals surface area contributed by atoms with Gasteiger partial charge < -0.3 is 45.1 Å². The minimum Gasteiger partial charge on any atom is -0.454 e. The SMILES string of the molecule is CCCCC/C=C\C/C=C\C/C=C\C/C=C\CCC(O)C(=O)NC(COC1OC(CO)C(O)C(O)C1OC(=O)CCCCCCCCCCCCCCC)C(O)/C=C/CCCCCCCCCCCC. The molecule has 8 unspecified atom stereocenters. The highest BCUT2D eigenvalue weighted by Gasteiger charge is 2.47. The molecule has 70 heavy (non-hydrogen) atoms. The number of ether oxygens (including phenoxy) is 3. The Morgan fingerprint density at radius 3 is 1.50 bits per heavy atom. The first kappa shape index (κ1) is 65.4. The molecule has 0 aromatic heterocycles. The smallest absolute Gasteiger partial charge is 0.306 e. The van der Waals surface area contributed by atoms with E-state index in [1.807, 2.05) is 18.2 Å². The number of carbonyl (C=O) groups excluding carboxylic acids is 2. The summed E-state index contributed by atoms with van der Waals surface area (Å²) >= 11 is 0. The summed E-state index contributed by atoms with van der Waals surface area (Å²) in [6, 6.07) is -1.05. The van der Waals surface area contributed by atoms with Crippen molar-refractivity contribution in [3.63, 3.8) is 0 Å². The Labute approximate surface area is 427 Å². The number of allylic oxidation sites excluding steroid dienone is 9. The normalized spacial score (nSPS) is 20.1. The number of aliphatic hydroxyl groups excluding tert-OH is 5. The van der Waals surface area contributed by atoms with Crippen LogP contribution in [-0.2, 0) is 23.8 Å². The van der Waals surface area contributed by atoms with Crippen LogP contribution in [0.1, 0.15) is 239 Å². The molecule has 0 radical (unpaired) electrons. The van der Waals surface area contributed by atoms with Crippen LogP contribution in [0.25, 0.3) is 0 Å². The minimum absolute atomic E-state index is 0.118. The fraction of sp³-hybridized carbons (Fsp3) is 0.797. The van der Waals surface area contributed by atoms with Gasteiger partial charge in [0.25, 0.3) is 0 Å². The van der Waals surface area contributed by atoms with Crippen molar-refractivity contribution in [3.05, 3.63) is 60.8 Å². The second-order valence-corrected chi connectivity index (χ2v) is 19.7. The molecule has 1 aliphatic heterocycles. The van der Waals surface area contributed by atoms with E-state index in [2.05, 4.69) is 62.5 Å². The van der Waals surface area contributed by atoms with Crippen molar-refractivity contribution < 1.29 is 49.3 Å². The summed E-state index contributed by atoms with van der Waals surface area (Å²) in [6.45, 7) is 5.71. The molecule has 1 fully saturated rings. The van der Waals surface area contributed by atoms with Gasteiger partial charge in [-0.1, -0.05) is 229 Å². The van der Waals surface area contributed by atoms with Crippen LogP contribution in [0.15, 0.2) is 60.8 Å². The van der Waals surface area contributed by atoms with Gasteiger partial charge in [0.2, 0.25) is 5.91 Å². The Balaban J connectivity index is 2.79. The highest BCUT2D eigenvalue weighted by atomic mass is 16.7. The molecule has 0 bridgehead atoms. The molecule has 1 aliphatic rings. The van der Waals surface area contributed by atoms with E-state index in [9.17, 15) is 35.1 Å². The zero-order valence-electron chi connectivity index (χ0n) is 44.6. The molecular weight excluding hydrogens is 883 g/mol. The van der Waals surface area contributed by atoms with Gasteiger partial charge in [-0.05, 0) is 64.2 Å².